The van der Waals surface area contributed by atoms with E-state index in [4.69, 9.17) is 4.74 Å². The van der Waals surface area contributed by atoms with Gasteiger partial charge in [0.1, 0.15) is 0 Å². The molecule has 1 fully saturated rings. The first kappa shape index (κ1) is 17.9. The number of carbonyl (C=O) groups is 2. The smallest absolute Gasteiger partial charge is 0.254 e. The lowest BCUT2D eigenvalue weighted by molar-refractivity contribution is -0.122. The zero-order valence-electron chi connectivity index (χ0n) is 15.2. The molecule has 25 heavy (non-hydrogen) atoms. The van der Waals surface area contributed by atoms with Gasteiger partial charge in [0, 0.05) is 51.3 Å². The number of fused-ring (bicyclic) bond motifs is 1. The lowest BCUT2D eigenvalue weighted by Crippen LogP contribution is -2.44. The maximum absolute atomic E-state index is 12.4. The van der Waals surface area contributed by atoms with Crippen molar-refractivity contribution in [3.63, 3.8) is 0 Å². The zero-order chi connectivity index (χ0) is 18.0. The van der Waals surface area contributed by atoms with Crippen LogP contribution < -0.4 is 5.32 Å². The van der Waals surface area contributed by atoms with Crippen LogP contribution in [0.4, 0.5) is 0 Å². The molecule has 1 saturated heterocycles. The summed E-state index contributed by atoms with van der Waals surface area (Å²) in [6.45, 7) is 6.96. The number of hydrogen-bond donors (Lipinski definition) is 1. The standard InChI is InChI=1S/C19H27N3O3/c1-13(2)22-11-16(17(12-22)25-3)20-18(23)8-9-21-10-14-6-4-5-7-15(14)19(21)24/h4-7,13,16-17H,8-12H2,1-3H3,(H,20,23)/t16-,17-/m1/s1. The van der Waals surface area contributed by atoms with Gasteiger partial charge in [-0.2, -0.15) is 0 Å². The van der Waals surface area contributed by atoms with Crippen molar-refractivity contribution >= 4 is 11.8 Å². The largest absolute Gasteiger partial charge is 0.378 e. The Labute approximate surface area is 149 Å². The van der Waals surface area contributed by atoms with Crippen LogP contribution in [0.2, 0.25) is 0 Å². The first-order valence-corrected chi connectivity index (χ1v) is 8.93. The predicted molar refractivity (Wildman–Crippen MR) is 95.2 cm³/mol. The summed E-state index contributed by atoms with van der Waals surface area (Å²) < 4.78 is 5.52. The number of ether oxygens (including phenoxy) is 1. The molecule has 3 rings (SSSR count). The van der Waals surface area contributed by atoms with Gasteiger partial charge in [-0.05, 0) is 25.5 Å². The first-order valence-electron chi connectivity index (χ1n) is 8.93. The summed E-state index contributed by atoms with van der Waals surface area (Å²) in [5, 5.41) is 3.08. The highest BCUT2D eigenvalue weighted by Gasteiger charge is 2.35. The molecular weight excluding hydrogens is 318 g/mol. The third-order valence-electron chi connectivity index (χ3n) is 5.18. The second kappa shape index (κ2) is 7.54. The molecule has 1 N–H and O–H groups in total. The van der Waals surface area contributed by atoms with Gasteiger partial charge >= 0.3 is 0 Å². The van der Waals surface area contributed by atoms with Crippen LogP contribution in [0.5, 0.6) is 0 Å². The van der Waals surface area contributed by atoms with Crippen molar-refractivity contribution in [2.24, 2.45) is 0 Å². The highest BCUT2D eigenvalue weighted by molar-refractivity contribution is 5.98. The number of likely N-dealkylation sites (tertiary alicyclic amines) is 1. The molecule has 2 amide bonds. The van der Waals surface area contributed by atoms with Crippen molar-refractivity contribution < 1.29 is 14.3 Å². The van der Waals surface area contributed by atoms with Gasteiger partial charge in [0.2, 0.25) is 5.91 Å². The summed E-state index contributed by atoms with van der Waals surface area (Å²) >= 11 is 0. The average molecular weight is 345 g/mol. The Morgan fingerprint density at radius 1 is 1.32 bits per heavy atom. The van der Waals surface area contributed by atoms with Crippen LogP contribution in [0, 0.1) is 0 Å². The highest BCUT2D eigenvalue weighted by atomic mass is 16.5. The van der Waals surface area contributed by atoms with Crippen LogP contribution in [-0.2, 0) is 16.1 Å². The van der Waals surface area contributed by atoms with Crippen LogP contribution in [0.1, 0.15) is 36.2 Å². The van der Waals surface area contributed by atoms with Crippen molar-refractivity contribution in [1.29, 1.82) is 0 Å². The van der Waals surface area contributed by atoms with E-state index < -0.39 is 0 Å². The van der Waals surface area contributed by atoms with Gasteiger partial charge in [0.05, 0.1) is 12.1 Å². The van der Waals surface area contributed by atoms with Crippen molar-refractivity contribution in [2.45, 2.75) is 45.0 Å². The Bertz CT molecular complexity index is 647. The maximum Gasteiger partial charge on any atom is 0.254 e. The monoisotopic (exact) mass is 345 g/mol. The summed E-state index contributed by atoms with van der Waals surface area (Å²) in [6.07, 6.45) is 0.331. The molecule has 0 aromatic heterocycles. The molecule has 0 aliphatic carbocycles. The summed E-state index contributed by atoms with van der Waals surface area (Å²) in [7, 11) is 1.69. The minimum absolute atomic E-state index is 0.00590. The Morgan fingerprint density at radius 2 is 2.08 bits per heavy atom. The minimum atomic E-state index is -0.0265. The molecule has 0 radical (unpaired) electrons. The summed E-state index contributed by atoms with van der Waals surface area (Å²) in [5.74, 6) is -0.00794. The van der Waals surface area contributed by atoms with Crippen LogP contribution in [0.15, 0.2) is 24.3 Å². The Kier molecular flexibility index (Phi) is 5.39. The number of benzene rings is 1. The molecule has 136 valence electrons. The van der Waals surface area contributed by atoms with E-state index in [1.165, 1.54) is 0 Å². The predicted octanol–water partition coefficient (Wildman–Crippen LogP) is 1.26. The number of nitrogens with one attached hydrogen (secondary N) is 1. The molecule has 1 aromatic rings. The second-order valence-corrected chi connectivity index (χ2v) is 7.13. The van der Waals surface area contributed by atoms with Gasteiger partial charge in [-0.3, -0.25) is 14.5 Å². The zero-order valence-corrected chi connectivity index (χ0v) is 15.2. The fourth-order valence-corrected chi connectivity index (χ4v) is 3.61. The Morgan fingerprint density at radius 3 is 2.76 bits per heavy atom. The molecule has 0 unspecified atom stereocenters. The van der Waals surface area contributed by atoms with Gasteiger partial charge in [-0.15, -0.1) is 0 Å². The van der Waals surface area contributed by atoms with E-state index in [1.54, 1.807) is 12.0 Å². The quantitative estimate of drug-likeness (QED) is 0.843. The molecule has 0 saturated carbocycles. The van der Waals surface area contributed by atoms with Crippen LogP contribution in [0.25, 0.3) is 0 Å². The number of rotatable bonds is 6. The van der Waals surface area contributed by atoms with Gasteiger partial charge in [0.15, 0.2) is 0 Å². The van der Waals surface area contributed by atoms with Crippen molar-refractivity contribution in [3.05, 3.63) is 35.4 Å². The second-order valence-electron chi connectivity index (χ2n) is 7.13. The molecular formula is C19H27N3O3. The third-order valence-corrected chi connectivity index (χ3v) is 5.18. The number of amides is 2. The molecule has 0 spiro atoms. The van der Waals surface area contributed by atoms with E-state index in [1.807, 2.05) is 24.3 Å². The maximum atomic E-state index is 12.4. The number of hydrogen-bond acceptors (Lipinski definition) is 4. The van der Waals surface area contributed by atoms with Gasteiger partial charge in [-0.1, -0.05) is 18.2 Å². The number of nitrogens with zero attached hydrogens (tertiary/aromatic N) is 2. The summed E-state index contributed by atoms with van der Waals surface area (Å²) in [5.41, 5.74) is 1.79. The minimum Gasteiger partial charge on any atom is -0.378 e. The number of carbonyl (C=O) groups excluding carboxylic acids is 2. The first-order chi connectivity index (χ1) is 12.0. The molecule has 0 bridgehead atoms. The highest BCUT2D eigenvalue weighted by Crippen LogP contribution is 2.22. The fraction of sp³-hybridized carbons (Fsp3) is 0.579. The van der Waals surface area contributed by atoms with Crippen LogP contribution in [0.3, 0.4) is 0 Å². The third kappa shape index (κ3) is 3.85. The normalized spacial score (nSPS) is 23.4. The lowest BCUT2D eigenvalue weighted by Gasteiger charge is -2.21. The molecule has 1 aromatic carbocycles. The molecule has 2 aliphatic rings. The molecule has 2 heterocycles. The molecule has 2 atom stereocenters. The van der Waals surface area contributed by atoms with Crippen LogP contribution in [-0.4, -0.2) is 66.5 Å². The lowest BCUT2D eigenvalue weighted by atomic mass is 10.1. The summed E-state index contributed by atoms with van der Waals surface area (Å²) in [4.78, 5) is 28.7. The molecule has 2 aliphatic heterocycles. The topological polar surface area (TPSA) is 61.9 Å². The summed E-state index contributed by atoms with van der Waals surface area (Å²) in [6, 6.07) is 8.06. The Balaban J connectivity index is 1.50. The average Bonchev–Trinajstić information content (AvgIpc) is 3.15. The van der Waals surface area contributed by atoms with E-state index in [-0.39, 0.29) is 24.0 Å². The van der Waals surface area contributed by atoms with Crippen molar-refractivity contribution in [1.82, 2.24) is 15.1 Å². The van der Waals surface area contributed by atoms with Crippen LogP contribution >= 0.6 is 0 Å². The number of methoxy groups -OCH3 is 1. The van der Waals surface area contributed by atoms with E-state index in [2.05, 4.69) is 24.1 Å². The fourth-order valence-electron chi connectivity index (χ4n) is 3.61. The van der Waals surface area contributed by atoms with E-state index in [9.17, 15) is 9.59 Å². The van der Waals surface area contributed by atoms with Gasteiger partial charge < -0.3 is 15.0 Å². The van der Waals surface area contributed by atoms with E-state index >= 15 is 0 Å². The van der Waals surface area contributed by atoms with Gasteiger partial charge in [-0.25, -0.2) is 0 Å². The van der Waals surface area contributed by atoms with E-state index in [0.29, 0.717) is 25.6 Å². The molecule has 6 nitrogen and oxygen atoms in total. The van der Waals surface area contributed by atoms with Crippen molar-refractivity contribution in [3.8, 4) is 0 Å². The molecule has 6 heteroatoms. The van der Waals surface area contributed by atoms with Gasteiger partial charge in [0.25, 0.3) is 5.91 Å². The van der Waals surface area contributed by atoms with Crippen molar-refractivity contribution in [2.75, 3.05) is 26.7 Å². The SMILES string of the molecule is CO[C@@H]1CN(C(C)C)C[C@H]1NC(=O)CCN1Cc2ccccc2C1=O. The van der Waals surface area contributed by atoms with E-state index in [0.717, 1.165) is 24.2 Å². The Hall–Kier alpha value is -1.92.